The molecule has 0 saturated heterocycles. The summed E-state index contributed by atoms with van der Waals surface area (Å²) >= 11 is 0. The number of hydrogen-bond acceptors (Lipinski definition) is 0. The van der Waals surface area contributed by atoms with Crippen LogP contribution in [0, 0.1) is 5.41 Å². The van der Waals surface area contributed by atoms with Crippen LogP contribution in [0.2, 0.25) is 0 Å². The highest BCUT2D eigenvalue weighted by molar-refractivity contribution is 5.85. The third-order valence-electron chi connectivity index (χ3n) is 10.3. The van der Waals surface area contributed by atoms with E-state index in [1.807, 2.05) is 12.2 Å². The van der Waals surface area contributed by atoms with Crippen molar-refractivity contribution in [1.29, 1.82) is 0 Å². The Hall–Kier alpha value is -4.48. The van der Waals surface area contributed by atoms with Crippen LogP contribution >= 0.6 is 0 Å². The lowest BCUT2D eigenvalue weighted by Crippen LogP contribution is -2.22. The second-order valence-electron chi connectivity index (χ2n) is 13.3. The maximum absolute atomic E-state index is 13.7. The molecular formula is C39H26F12. The van der Waals surface area contributed by atoms with Gasteiger partial charge in [0.25, 0.3) is 0 Å². The van der Waals surface area contributed by atoms with Crippen LogP contribution in [0.15, 0.2) is 83.9 Å². The summed E-state index contributed by atoms with van der Waals surface area (Å²) < 4.78 is 165. The number of rotatable bonds is 4. The van der Waals surface area contributed by atoms with Crippen molar-refractivity contribution >= 4 is 12.2 Å². The smallest absolute Gasteiger partial charge is 0.166 e. The van der Waals surface area contributed by atoms with Crippen molar-refractivity contribution in [1.82, 2.24) is 0 Å². The van der Waals surface area contributed by atoms with Gasteiger partial charge >= 0.3 is 24.7 Å². The average molecular weight is 723 g/mol. The van der Waals surface area contributed by atoms with Gasteiger partial charge in [0.05, 0.1) is 22.3 Å². The first-order chi connectivity index (χ1) is 23.7. The van der Waals surface area contributed by atoms with Crippen LogP contribution < -0.4 is 0 Å². The summed E-state index contributed by atoms with van der Waals surface area (Å²) in [6.07, 6.45) is -12.7. The van der Waals surface area contributed by atoms with Gasteiger partial charge in [-0.2, -0.15) is 52.7 Å². The molecule has 4 aromatic rings. The zero-order valence-corrected chi connectivity index (χ0v) is 26.4. The fourth-order valence-corrected chi connectivity index (χ4v) is 7.90. The minimum Gasteiger partial charge on any atom is -0.166 e. The van der Waals surface area contributed by atoms with Gasteiger partial charge in [-0.3, -0.25) is 0 Å². The third kappa shape index (κ3) is 6.35. The molecule has 0 aromatic heterocycles. The Morgan fingerprint density at radius 2 is 0.765 bits per heavy atom. The van der Waals surface area contributed by atoms with Crippen LogP contribution in [-0.4, -0.2) is 0 Å². The average Bonchev–Trinajstić information content (AvgIpc) is 3.81. The van der Waals surface area contributed by atoms with E-state index in [0.717, 1.165) is 35.1 Å². The number of hydrogen-bond donors (Lipinski definition) is 0. The Balaban J connectivity index is 1.32. The first-order valence-electron chi connectivity index (χ1n) is 16.0. The van der Waals surface area contributed by atoms with E-state index in [2.05, 4.69) is 0 Å². The predicted octanol–water partition coefficient (Wildman–Crippen LogP) is 13.2. The molecule has 0 heterocycles. The summed E-state index contributed by atoms with van der Waals surface area (Å²) in [5.74, 6) is 0. The van der Waals surface area contributed by atoms with Gasteiger partial charge in [0.15, 0.2) is 0 Å². The van der Waals surface area contributed by atoms with Gasteiger partial charge in [-0.15, -0.1) is 0 Å². The van der Waals surface area contributed by atoms with Crippen LogP contribution in [0.5, 0.6) is 0 Å². The van der Waals surface area contributed by atoms with Gasteiger partial charge in [-0.25, -0.2) is 0 Å². The highest BCUT2D eigenvalue weighted by Gasteiger charge is 2.44. The largest absolute Gasteiger partial charge is 0.416 e. The van der Waals surface area contributed by atoms with E-state index in [0.29, 0.717) is 61.1 Å². The number of alkyl halides is 12. The predicted molar refractivity (Wildman–Crippen MR) is 168 cm³/mol. The Bertz CT molecular complexity index is 1890. The van der Waals surface area contributed by atoms with Gasteiger partial charge in [-0.05, 0) is 107 Å². The van der Waals surface area contributed by atoms with Crippen LogP contribution in [-0.2, 0) is 37.5 Å². The van der Waals surface area contributed by atoms with E-state index in [1.54, 1.807) is 24.3 Å². The summed E-state index contributed by atoms with van der Waals surface area (Å²) in [4.78, 5) is 0. The molecule has 1 saturated carbocycles. The van der Waals surface area contributed by atoms with Crippen LogP contribution in [0.25, 0.3) is 34.4 Å². The Morgan fingerprint density at radius 3 is 1.08 bits per heavy atom. The zero-order valence-electron chi connectivity index (χ0n) is 26.4. The lowest BCUT2D eigenvalue weighted by Gasteiger charge is -2.33. The molecule has 4 aromatic carbocycles. The molecule has 0 unspecified atom stereocenters. The standard InChI is InChI=1S/C39H26F12/c40-36(41,42)27-13-23(14-28(17-27)37(43,44)45)31-7-3-5-21-11-25(19-33(21)31)35(9-1-2-10-35)26-12-22-6-4-8-32(34(22)20-26)24-15-29(38(46,47)48)18-30(16-24)39(49,50)51/h3-8,13-20H,1-2,9-12H2. The summed E-state index contributed by atoms with van der Waals surface area (Å²) in [6.45, 7) is 0. The van der Waals surface area contributed by atoms with E-state index >= 15 is 0 Å². The lowest BCUT2D eigenvalue weighted by atomic mass is 9.71. The van der Waals surface area contributed by atoms with Crippen molar-refractivity contribution < 1.29 is 52.7 Å². The molecule has 266 valence electrons. The fourth-order valence-electron chi connectivity index (χ4n) is 7.90. The van der Waals surface area contributed by atoms with E-state index in [-0.39, 0.29) is 34.4 Å². The van der Waals surface area contributed by atoms with Crippen molar-refractivity contribution in [2.75, 3.05) is 0 Å². The van der Waals surface area contributed by atoms with E-state index in [4.69, 9.17) is 0 Å². The molecule has 7 rings (SSSR count). The van der Waals surface area contributed by atoms with E-state index in [9.17, 15) is 52.7 Å². The van der Waals surface area contributed by atoms with Gasteiger partial charge in [0, 0.05) is 5.41 Å². The van der Waals surface area contributed by atoms with Crippen molar-refractivity contribution in [3.05, 3.63) is 128 Å². The molecule has 0 radical (unpaired) electrons. The van der Waals surface area contributed by atoms with Crippen molar-refractivity contribution in [2.24, 2.45) is 5.41 Å². The minimum atomic E-state index is -5.02. The summed E-state index contributed by atoms with van der Waals surface area (Å²) in [5, 5.41) is 0. The van der Waals surface area contributed by atoms with Crippen molar-refractivity contribution in [2.45, 2.75) is 63.2 Å². The molecule has 0 nitrogen and oxygen atoms in total. The van der Waals surface area contributed by atoms with E-state index in [1.165, 1.54) is 12.1 Å². The second-order valence-corrected chi connectivity index (χ2v) is 13.3. The Kier molecular flexibility index (Phi) is 8.07. The van der Waals surface area contributed by atoms with Gasteiger partial charge in [-0.1, -0.05) is 72.5 Å². The number of benzene rings is 4. The van der Waals surface area contributed by atoms with Gasteiger partial charge in [0.2, 0.25) is 0 Å². The zero-order chi connectivity index (χ0) is 36.7. The molecule has 3 aliphatic rings. The van der Waals surface area contributed by atoms with Crippen LogP contribution in [0.3, 0.4) is 0 Å². The SMILES string of the molecule is FC(F)(F)c1cc(-c2cccc3c2C=C(C2(C4=Cc5c(cccc5-c5cc(C(F)(F)F)cc(C(F)(F)F)c5)C4)CCCC2)C3)cc(C(F)(F)F)c1. The molecule has 0 N–H and O–H groups in total. The Morgan fingerprint density at radius 1 is 0.431 bits per heavy atom. The minimum absolute atomic E-state index is 0.0866. The molecule has 12 heteroatoms. The molecule has 0 aliphatic heterocycles. The fraction of sp³-hybridized carbons (Fsp3) is 0.282. The number of allylic oxidation sites excluding steroid dienone is 2. The molecule has 1 fully saturated rings. The third-order valence-corrected chi connectivity index (χ3v) is 10.3. The highest BCUT2D eigenvalue weighted by atomic mass is 19.4. The molecule has 51 heavy (non-hydrogen) atoms. The number of fused-ring (bicyclic) bond motifs is 2. The van der Waals surface area contributed by atoms with E-state index < -0.39 is 52.4 Å². The molecule has 0 spiro atoms. The summed E-state index contributed by atoms with van der Waals surface area (Å²) in [5.41, 5.74) is -2.05. The molecule has 3 aliphatic carbocycles. The normalized spacial score (nSPS) is 17.3. The second kappa shape index (κ2) is 11.8. The number of halogens is 12. The quantitative estimate of drug-likeness (QED) is 0.184. The molecule has 0 amide bonds. The monoisotopic (exact) mass is 722 g/mol. The highest BCUT2D eigenvalue weighted by Crippen LogP contribution is 2.57. The van der Waals surface area contributed by atoms with Crippen LogP contribution in [0.4, 0.5) is 52.7 Å². The molecular weight excluding hydrogens is 696 g/mol. The first kappa shape index (κ1) is 34.9. The topological polar surface area (TPSA) is 0 Å². The maximum atomic E-state index is 13.7. The van der Waals surface area contributed by atoms with Crippen LogP contribution in [0.1, 0.15) is 70.2 Å². The summed E-state index contributed by atoms with van der Waals surface area (Å²) in [6, 6.07) is 12.7. The van der Waals surface area contributed by atoms with Crippen molar-refractivity contribution in [3.8, 4) is 22.3 Å². The van der Waals surface area contributed by atoms with Gasteiger partial charge in [0.1, 0.15) is 0 Å². The first-order valence-corrected chi connectivity index (χ1v) is 16.0. The maximum Gasteiger partial charge on any atom is 0.416 e. The lowest BCUT2D eigenvalue weighted by molar-refractivity contribution is -0.144. The molecule has 0 atom stereocenters. The summed E-state index contributed by atoms with van der Waals surface area (Å²) in [7, 11) is 0. The Labute approximate surface area is 284 Å². The van der Waals surface area contributed by atoms with Crippen molar-refractivity contribution in [3.63, 3.8) is 0 Å². The van der Waals surface area contributed by atoms with Gasteiger partial charge < -0.3 is 0 Å². The molecule has 0 bridgehead atoms.